The van der Waals surface area contributed by atoms with Crippen LogP contribution in [0.15, 0.2) is 47.4 Å². The molecule has 2 aromatic carbocycles. The number of amides is 2. The van der Waals surface area contributed by atoms with Crippen molar-refractivity contribution >= 4 is 29.2 Å². The maximum Gasteiger partial charge on any atom is 0.323 e. The second-order valence-corrected chi connectivity index (χ2v) is 7.55. The van der Waals surface area contributed by atoms with Crippen molar-refractivity contribution in [1.29, 1.82) is 0 Å². The van der Waals surface area contributed by atoms with Crippen LogP contribution in [-0.2, 0) is 6.42 Å². The molecule has 2 aliphatic heterocycles. The Hall–Kier alpha value is -1.98. The Morgan fingerprint density at radius 2 is 1.96 bits per heavy atom. The largest absolute Gasteiger partial charge is 0.323 e. The van der Waals surface area contributed by atoms with Gasteiger partial charge in [0.15, 0.2) is 0 Å². The van der Waals surface area contributed by atoms with Crippen molar-refractivity contribution < 1.29 is 4.79 Å². The first-order valence-electron chi connectivity index (χ1n) is 8.82. The third-order valence-corrected chi connectivity index (χ3v) is 5.85. The van der Waals surface area contributed by atoms with Crippen molar-refractivity contribution in [2.45, 2.75) is 30.2 Å². The lowest BCUT2D eigenvalue weighted by atomic mass is 9.92. The molecule has 0 aliphatic carbocycles. The van der Waals surface area contributed by atoms with Gasteiger partial charge in [-0.15, -0.1) is 11.8 Å². The predicted octanol–water partition coefficient (Wildman–Crippen LogP) is 4.75. The highest BCUT2D eigenvalue weighted by Crippen LogP contribution is 2.38. The van der Waals surface area contributed by atoms with E-state index in [2.05, 4.69) is 27.7 Å². The van der Waals surface area contributed by atoms with E-state index < -0.39 is 0 Å². The van der Waals surface area contributed by atoms with Gasteiger partial charge in [0.05, 0.1) is 0 Å². The lowest BCUT2D eigenvalue weighted by molar-refractivity contribution is 0.244. The Morgan fingerprint density at radius 3 is 2.80 bits per heavy atom. The van der Waals surface area contributed by atoms with E-state index in [4.69, 9.17) is 0 Å². The minimum absolute atomic E-state index is 0.197. The standard InChI is InChI=1S/C20H23N3OS/c1-25-17-5-2-4-15(12-17)21-20(24)22-16-8-7-14-9-11-23-10-3-6-19(23)18(14)13-16/h2,4-5,7-8,12-13,19H,3,6,9-11H2,1H3,(H2,21,22,24). The highest BCUT2D eigenvalue weighted by Gasteiger charge is 2.31. The van der Waals surface area contributed by atoms with Crippen molar-refractivity contribution in [3.05, 3.63) is 53.6 Å². The average molecular weight is 353 g/mol. The zero-order valence-corrected chi connectivity index (χ0v) is 15.2. The average Bonchev–Trinajstić information content (AvgIpc) is 3.11. The Bertz CT molecular complexity index is 792. The van der Waals surface area contributed by atoms with E-state index >= 15 is 0 Å². The number of fused-ring (bicyclic) bond motifs is 3. The monoisotopic (exact) mass is 353 g/mol. The van der Waals surface area contributed by atoms with Crippen LogP contribution in [0.5, 0.6) is 0 Å². The number of carbonyl (C=O) groups is 1. The zero-order valence-electron chi connectivity index (χ0n) is 14.4. The Labute approximate surface area is 153 Å². The first kappa shape index (κ1) is 16.5. The van der Waals surface area contributed by atoms with Gasteiger partial charge in [-0.1, -0.05) is 12.1 Å². The molecule has 1 atom stereocenters. The minimum atomic E-state index is -0.197. The van der Waals surface area contributed by atoms with Crippen LogP contribution in [0.2, 0.25) is 0 Å². The summed E-state index contributed by atoms with van der Waals surface area (Å²) in [6, 6.07) is 14.6. The number of anilines is 2. The van der Waals surface area contributed by atoms with E-state index in [-0.39, 0.29) is 6.03 Å². The predicted molar refractivity (Wildman–Crippen MR) is 105 cm³/mol. The molecular weight excluding hydrogens is 330 g/mol. The van der Waals surface area contributed by atoms with E-state index in [0.29, 0.717) is 6.04 Å². The van der Waals surface area contributed by atoms with E-state index in [0.717, 1.165) is 29.2 Å². The number of hydrogen-bond donors (Lipinski definition) is 2. The van der Waals surface area contributed by atoms with Crippen molar-refractivity contribution in [2.24, 2.45) is 0 Å². The molecule has 2 N–H and O–H groups in total. The van der Waals surface area contributed by atoms with Crippen molar-refractivity contribution in [3.63, 3.8) is 0 Å². The van der Waals surface area contributed by atoms with Crippen molar-refractivity contribution in [2.75, 3.05) is 30.0 Å². The van der Waals surface area contributed by atoms with Gasteiger partial charge in [0.2, 0.25) is 0 Å². The number of carbonyl (C=O) groups excluding carboxylic acids is 1. The zero-order chi connectivity index (χ0) is 17.2. The van der Waals surface area contributed by atoms with Gasteiger partial charge in [-0.3, -0.25) is 4.90 Å². The van der Waals surface area contributed by atoms with E-state index in [9.17, 15) is 4.79 Å². The van der Waals surface area contributed by atoms with Gasteiger partial charge in [-0.05, 0) is 73.5 Å². The SMILES string of the molecule is CSc1cccc(NC(=O)Nc2ccc3c(c2)C2CCCN2CC3)c1. The third kappa shape index (κ3) is 3.53. The summed E-state index contributed by atoms with van der Waals surface area (Å²) in [5.74, 6) is 0. The molecule has 2 aromatic rings. The summed E-state index contributed by atoms with van der Waals surface area (Å²) in [6.45, 7) is 2.37. The fourth-order valence-electron chi connectivity index (χ4n) is 3.91. The molecule has 1 fully saturated rings. The molecule has 5 heteroatoms. The van der Waals surface area contributed by atoms with Gasteiger partial charge in [0.25, 0.3) is 0 Å². The van der Waals surface area contributed by atoms with Crippen LogP contribution in [0, 0.1) is 0 Å². The van der Waals surface area contributed by atoms with Gasteiger partial charge in [0, 0.05) is 28.9 Å². The number of thioether (sulfide) groups is 1. The van der Waals surface area contributed by atoms with Crippen LogP contribution >= 0.6 is 11.8 Å². The summed E-state index contributed by atoms with van der Waals surface area (Å²) in [5, 5.41) is 5.90. The summed E-state index contributed by atoms with van der Waals surface area (Å²) in [4.78, 5) is 16.0. The normalized spacial score (nSPS) is 19.2. The second kappa shape index (κ2) is 7.10. The topological polar surface area (TPSA) is 44.4 Å². The molecule has 0 bridgehead atoms. The third-order valence-electron chi connectivity index (χ3n) is 5.12. The molecule has 2 aliphatic rings. The molecule has 4 nitrogen and oxygen atoms in total. The molecular formula is C20H23N3OS. The second-order valence-electron chi connectivity index (χ2n) is 6.67. The van der Waals surface area contributed by atoms with Gasteiger partial charge in [-0.25, -0.2) is 4.79 Å². The quantitative estimate of drug-likeness (QED) is 0.783. The van der Waals surface area contributed by atoms with E-state index in [1.165, 1.54) is 30.5 Å². The summed E-state index contributed by atoms with van der Waals surface area (Å²) in [6.07, 6.45) is 5.64. The fraction of sp³-hybridized carbons (Fsp3) is 0.350. The first-order chi connectivity index (χ1) is 12.2. The molecule has 2 heterocycles. The van der Waals surface area contributed by atoms with Gasteiger partial charge in [-0.2, -0.15) is 0 Å². The maximum absolute atomic E-state index is 12.3. The van der Waals surface area contributed by atoms with Crippen molar-refractivity contribution in [1.82, 2.24) is 4.90 Å². The lowest BCUT2D eigenvalue weighted by Crippen LogP contribution is -2.31. The number of nitrogens with zero attached hydrogens (tertiary/aromatic N) is 1. The van der Waals surface area contributed by atoms with Crippen molar-refractivity contribution in [3.8, 4) is 0 Å². The Balaban J connectivity index is 1.47. The molecule has 1 saturated heterocycles. The summed E-state index contributed by atoms with van der Waals surface area (Å²) < 4.78 is 0. The smallest absolute Gasteiger partial charge is 0.308 e. The van der Waals surface area contributed by atoms with Crippen LogP contribution in [0.3, 0.4) is 0 Å². The molecule has 1 unspecified atom stereocenters. The number of rotatable bonds is 3. The molecule has 0 saturated carbocycles. The van der Waals surface area contributed by atoms with Crippen LogP contribution in [0.1, 0.15) is 30.0 Å². The number of benzene rings is 2. The molecule has 130 valence electrons. The Kier molecular flexibility index (Phi) is 4.68. The molecule has 0 radical (unpaired) electrons. The summed E-state index contributed by atoms with van der Waals surface area (Å²) >= 11 is 1.66. The molecule has 0 spiro atoms. The first-order valence-corrected chi connectivity index (χ1v) is 10.0. The van der Waals surface area contributed by atoms with Crippen LogP contribution in [0.4, 0.5) is 16.2 Å². The fourth-order valence-corrected chi connectivity index (χ4v) is 4.37. The van der Waals surface area contributed by atoms with Crippen LogP contribution in [-0.4, -0.2) is 30.3 Å². The summed E-state index contributed by atoms with van der Waals surface area (Å²) in [7, 11) is 0. The number of urea groups is 1. The van der Waals surface area contributed by atoms with Crippen LogP contribution in [0.25, 0.3) is 0 Å². The maximum atomic E-state index is 12.3. The van der Waals surface area contributed by atoms with Gasteiger partial charge >= 0.3 is 6.03 Å². The number of nitrogens with one attached hydrogen (secondary N) is 2. The van der Waals surface area contributed by atoms with Gasteiger partial charge in [0.1, 0.15) is 0 Å². The van der Waals surface area contributed by atoms with Crippen LogP contribution < -0.4 is 10.6 Å². The van der Waals surface area contributed by atoms with E-state index in [1.807, 2.05) is 36.6 Å². The molecule has 25 heavy (non-hydrogen) atoms. The lowest BCUT2D eigenvalue weighted by Gasteiger charge is -2.32. The number of hydrogen-bond acceptors (Lipinski definition) is 3. The molecule has 2 amide bonds. The molecule has 4 rings (SSSR count). The summed E-state index contributed by atoms with van der Waals surface area (Å²) in [5.41, 5.74) is 4.50. The highest BCUT2D eigenvalue weighted by molar-refractivity contribution is 7.98. The highest BCUT2D eigenvalue weighted by atomic mass is 32.2. The minimum Gasteiger partial charge on any atom is -0.308 e. The van der Waals surface area contributed by atoms with E-state index in [1.54, 1.807) is 11.8 Å². The Morgan fingerprint density at radius 1 is 1.12 bits per heavy atom. The molecule has 0 aromatic heterocycles. The van der Waals surface area contributed by atoms with Gasteiger partial charge < -0.3 is 10.6 Å².